The van der Waals surface area contributed by atoms with Gasteiger partial charge in [0.25, 0.3) is 5.91 Å². The summed E-state index contributed by atoms with van der Waals surface area (Å²) in [5, 5.41) is 4.26. The number of oxime groups is 1. The molecule has 0 radical (unpaired) electrons. The lowest BCUT2D eigenvalue weighted by molar-refractivity contribution is -0.119. The van der Waals surface area contributed by atoms with E-state index in [1.165, 1.54) is 12.8 Å². The summed E-state index contributed by atoms with van der Waals surface area (Å²) < 4.78 is 0. The number of benzene rings is 2. The van der Waals surface area contributed by atoms with Gasteiger partial charge in [-0.25, -0.2) is 0 Å². The lowest BCUT2D eigenvalue weighted by Crippen LogP contribution is -2.49. The van der Waals surface area contributed by atoms with E-state index in [9.17, 15) is 4.79 Å². The van der Waals surface area contributed by atoms with Gasteiger partial charge in [0.2, 0.25) is 0 Å². The molecule has 1 unspecified atom stereocenters. The summed E-state index contributed by atoms with van der Waals surface area (Å²) in [4.78, 5) is 23.0. The fourth-order valence-electron chi connectivity index (χ4n) is 4.19. The number of carbonyl (C=O) groups is 1. The van der Waals surface area contributed by atoms with Crippen LogP contribution in [0.3, 0.4) is 0 Å². The second kappa shape index (κ2) is 12.4. The molecule has 1 saturated heterocycles. The van der Waals surface area contributed by atoms with Crippen molar-refractivity contribution >= 4 is 17.3 Å². The second-order valence-electron chi connectivity index (χ2n) is 8.58. The zero-order valence-electron chi connectivity index (χ0n) is 20.5. The average Bonchev–Trinajstić information content (AvgIpc) is 2.84. The minimum Gasteiger partial charge on any atom is -0.396 e. The highest BCUT2D eigenvalue weighted by Gasteiger charge is 2.44. The van der Waals surface area contributed by atoms with Crippen LogP contribution in [0.4, 0.5) is 5.69 Å². The van der Waals surface area contributed by atoms with Crippen molar-refractivity contribution in [3.8, 4) is 0 Å². The molecule has 5 heteroatoms. The first kappa shape index (κ1) is 24.7. The number of hydrogen-bond acceptors (Lipinski definition) is 4. The van der Waals surface area contributed by atoms with E-state index in [-0.39, 0.29) is 11.9 Å². The molecule has 1 aliphatic heterocycles. The summed E-state index contributed by atoms with van der Waals surface area (Å²) in [6, 6.07) is 18.0. The largest absolute Gasteiger partial charge is 0.396 e. The zero-order chi connectivity index (χ0) is 23.6. The average molecular weight is 448 g/mol. The summed E-state index contributed by atoms with van der Waals surface area (Å²) in [6.45, 7) is 12.1. The molecule has 1 aliphatic rings. The Morgan fingerprint density at radius 1 is 1.06 bits per heavy atom. The van der Waals surface area contributed by atoms with Crippen LogP contribution >= 0.6 is 0 Å². The Morgan fingerprint density at radius 2 is 1.76 bits per heavy atom. The van der Waals surface area contributed by atoms with Gasteiger partial charge in [-0.15, -0.1) is 0 Å². The van der Waals surface area contributed by atoms with Gasteiger partial charge < -0.3 is 9.74 Å². The Hall–Kier alpha value is -2.92. The molecule has 2 aromatic rings. The number of carbonyl (C=O) groups excluding carboxylic acids is 1. The van der Waals surface area contributed by atoms with Crippen molar-refractivity contribution in [3.63, 3.8) is 0 Å². The number of β-lactam (4-membered cyclic amide) rings is 1. The molecule has 176 valence electrons. The molecule has 0 spiro atoms. The van der Waals surface area contributed by atoms with E-state index < -0.39 is 0 Å². The Labute approximate surface area is 198 Å². The van der Waals surface area contributed by atoms with Gasteiger partial charge in [0.15, 0.2) is 0 Å². The van der Waals surface area contributed by atoms with Gasteiger partial charge in [-0.05, 0) is 63.0 Å². The first-order valence-electron chi connectivity index (χ1n) is 12.1. The van der Waals surface area contributed by atoms with Crippen LogP contribution in [0.1, 0.15) is 57.2 Å². The highest BCUT2D eigenvalue weighted by atomic mass is 16.6. The van der Waals surface area contributed by atoms with Gasteiger partial charge in [-0.2, -0.15) is 0 Å². The van der Waals surface area contributed by atoms with Crippen LogP contribution in [0.5, 0.6) is 0 Å². The van der Waals surface area contributed by atoms with Crippen molar-refractivity contribution in [3.05, 3.63) is 77.4 Å². The minimum atomic E-state index is -0.123. The second-order valence-corrected chi connectivity index (χ2v) is 8.58. The summed E-state index contributed by atoms with van der Waals surface area (Å²) >= 11 is 0. The lowest BCUT2D eigenvalue weighted by atomic mass is 9.86. The van der Waals surface area contributed by atoms with Crippen LogP contribution in [0.15, 0.2) is 71.4 Å². The van der Waals surface area contributed by atoms with Crippen LogP contribution in [-0.4, -0.2) is 42.8 Å². The van der Waals surface area contributed by atoms with Crippen LogP contribution in [0, 0.1) is 6.92 Å². The maximum absolute atomic E-state index is 13.2. The fourth-order valence-corrected chi connectivity index (χ4v) is 4.19. The SMILES string of the molecule is CCCCN(CC)CCCON=C(C)/C=C1/C(=O)N(c2ccccc2C)C1c1ccccc1. The minimum absolute atomic E-state index is 0.0159. The van der Waals surface area contributed by atoms with Crippen LogP contribution in [0.25, 0.3) is 0 Å². The normalized spacial score (nSPS) is 17.5. The highest BCUT2D eigenvalue weighted by Crippen LogP contribution is 2.44. The van der Waals surface area contributed by atoms with E-state index in [1.54, 1.807) is 0 Å². The number of hydrogen-bond donors (Lipinski definition) is 0. The number of para-hydroxylation sites is 1. The van der Waals surface area contributed by atoms with Gasteiger partial charge in [0, 0.05) is 17.8 Å². The number of anilines is 1. The summed E-state index contributed by atoms with van der Waals surface area (Å²) in [5.74, 6) is 0.0159. The first-order chi connectivity index (χ1) is 16.1. The van der Waals surface area contributed by atoms with E-state index >= 15 is 0 Å². The molecule has 0 saturated carbocycles. The molecule has 0 aliphatic carbocycles. The third-order valence-electron chi connectivity index (χ3n) is 6.07. The fraction of sp³-hybridized carbons (Fsp3) is 0.429. The molecule has 1 fully saturated rings. The highest BCUT2D eigenvalue weighted by molar-refractivity contribution is 6.18. The number of unbranched alkanes of at least 4 members (excludes halogenated alkanes) is 1. The maximum atomic E-state index is 13.2. The monoisotopic (exact) mass is 447 g/mol. The molecule has 33 heavy (non-hydrogen) atoms. The smallest absolute Gasteiger partial charge is 0.257 e. The van der Waals surface area contributed by atoms with Crippen molar-refractivity contribution < 1.29 is 9.63 Å². The molecule has 0 bridgehead atoms. The van der Waals surface area contributed by atoms with Crippen molar-refractivity contribution in [1.82, 2.24) is 4.90 Å². The summed E-state index contributed by atoms with van der Waals surface area (Å²) in [5.41, 5.74) is 4.57. The van der Waals surface area contributed by atoms with Crippen LogP contribution in [-0.2, 0) is 9.63 Å². The van der Waals surface area contributed by atoms with E-state index in [4.69, 9.17) is 4.84 Å². The molecular formula is C28H37N3O2. The Balaban J connectivity index is 1.67. The Kier molecular flexibility index (Phi) is 9.25. The van der Waals surface area contributed by atoms with E-state index in [0.29, 0.717) is 12.3 Å². The van der Waals surface area contributed by atoms with Gasteiger partial charge in [0.1, 0.15) is 6.61 Å². The number of aryl methyl sites for hydroxylation is 1. The van der Waals surface area contributed by atoms with Gasteiger partial charge in [-0.3, -0.25) is 9.69 Å². The van der Waals surface area contributed by atoms with Gasteiger partial charge in [-0.1, -0.05) is 74.0 Å². The molecule has 1 heterocycles. The topological polar surface area (TPSA) is 45.1 Å². The molecule has 5 nitrogen and oxygen atoms in total. The van der Waals surface area contributed by atoms with E-state index in [2.05, 4.69) is 36.0 Å². The maximum Gasteiger partial charge on any atom is 0.257 e. The molecule has 1 atom stereocenters. The zero-order valence-corrected chi connectivity index (χ0v) is 20.5. The Morgan fingerprint density at radius 3 is 2.45 bits per heavy atom. The van der Waals surface area contributed by atoms with E-state index in [1.807, 2.05) is 67.3 Å². The van der Waals surface area contributed by atoms with Gasteiger partial charge in [0.05, 0.1) is 11.8 Å². The van der Waals surface area contributed by atoms with E-state index in [0.717, 1.165) is 48.4 Å². The lowest BCUT2D eigenvalue weighted by Gasteiger charge is -2.43. The standard InChI is InChI=1S/C28H37N3O2/c1-5-7-18-30(6-2)19-13-20-33-29-23(4)21-25-27(24-15-9-8-10-16-24)31(28(25)32)26-17-12-11-14-22(26)3/h8-12,14-17,21,27H,5-7,13,18-20H2,1-4H3/b25-21+,29-23?. The molecule has 0 N–H and O–H groups in total. The van der Waals surface area contributed by atoms with Crippen LogP contribution in [0.2, 0.25) is 0 Å². The quantitative estimate of drug-likeness (QED) is 0.133. The Bertz CT molecular complexity index is 968. The first-order valence-corrected chi connectivity index (χ1v) is 12.1. The predicted octanol–water partition coefficient (Wildman–Crippen LogP) is 5.91. The van der Waals surface area contributed by atoms with Crippen LogP contribution < -0.4 is 4.90 Å². The molecular weight excluding hydrogens is 410 g/mol. The number of nitrogens with zero attached hydrogens (tertiary/aromatic N) is 3. The number of allylic oxidation sites excluding steroid dienone is 1. The summed E-state index contributed by atoms with van der Waals surface area (Å²) in [6.07, 6.45) is 5.26. The van der Waals surface area contributed by atoms with Crippen molar-refractivity contribution in [2.24, 2.45) is 5.16 Å². The summed E-state index contributed by atoms with van der Waals surface area (Å²) in [7, 11) is 0. The van der Waals surface area contributed by atoms with Gasteiger partial charge >= 0.3 is 0 Å². The molecule has 0 aromatic heterocycles. The third kappa shape index (κ3) is 6.32. The van der Waals surface area contributed by atoms with Crippen molar-refractivity contribution in [1.29, 1.82) is 0 Å². The van der Waals surface area contributed by atoms with Crippen molar-refractivity contribution in [2.45, 2.75) is 53.0 Å². The number of amides is 1. The third-order valence-corrected chi connectivity index (χ3v) is 6.07. The molecule has 2 aromatic carbocycles. The predicted molar refractivity (Wildman–Crippen MR) is 137 cm³/mol. The number of rotatable bonds is 12. The molecule has 3 rings (SSSR count). The van der Waals surface area contributed by atoms with Crippen molar-refractivity contribution in [2.75, 3.05) is 31.1 Å². The molecule has 1 amide bonds.